The van der Waals surface area contributed by atoms with Crippen LogP contribution < -0.4 is 11.1 Å². The molecule has 0 atom stereocenters. The SMILES string of the molecule is NC(=NO)C1(C(=O)Nc2ccc(F)cc2)CCCC1. The fourth-order valence-corrected chi connectivity index (χ4v) is 2.46. The number of carbonyl (C=O) groups excluding carboxylic acids is 1. The minimum absolute atomic E-state index is 0.0652. The molecule has 1 aliphatic rings. The number of nitrogens with zero attached hydrogens (tertiary/aromatic N) is 1. The number of oxime groups is 1. The average molecular weight is 265 g/mol. The second-order valence-electron chi connectivity index (χ2n) is 4.74. The number of halogens is 1. The lowest BCUT2D eigenvalue weighted by Gasteiger charge is -2.25. The predicted molar refractivity (Wildman–Crippen MR) is 69.3 cm³/mol. The molecular formula is C13H16FN3O2. The number of benzene rings is 1. The van der Waals surface area contributed by atoms with Crippen molar-refractivity contribution in [2.24, 2.45) is 16.3 Å². The van der Waals surface area contributed by atoms with Crippen LogP contribution in [0.25, 0.3) is 0 Å². The molecule has 102 valence electrons. The normalized spacial score (nSPS) is 18.3. The van der Waals surface area contributed by atoms with E-state index in [1.807, 2.05) is 0 Å². The van der Waals surface area contributed by atoms with Crippen LogP contribution in [0.1, 0.15) is 25.7 Å². The zero-order valence-corrected chi connectivity index (χ0v) is 10.4. The summed E-state index contributed by atoms with van der Waals surface area (Å²) in [6.07, 6.45) is 2.81. The van der Waals surface area contributed by atoms with Gasteiger partial charge in [0.1, 0.15) is 11.2 Å². The van der Waals surface area contributed by atoms with Crippen LogP contribution in [0.4, 0.5) is 10.1 Å². The van der Waals surface area contributed by atoms with Crippen LogP contribution in [0.15, 0.2) is 29.4 Å². The van der Waals surface area contributed by atoms with E-state index >= 15 is 0 Å². The van der Waals surface area contributed by atoms with Gasteiger partial charge in [-0.15, -0.1) is 0 Å². The third-order valence-electron chi connectivity index (χ3n) is 3.59. The Hall–Kier alpha value is -2.11. The molecule has 4 N–H and O–H groups in total. The Kier molecular flexibility index (Phi) is 3.69. The van der Waals surface area contributed by atoms with Crippen LogP contribution in [0.3, 0.4) is 0 Å². The fraction of sp³-hybridized carbons (Fsp3) is 0.385. The lowest BCUT2D eigenvalue weighted by molar-refractivity contribution is -0.122. The molecule has 0 bridgehead atoms. The van der Waals surface area contributed by atoms with Gasteiger partial charge in [-0.05, 0) is 37.1 Å². The molecule has 5 nitrogen and oxygen atoms in total. The number of rotatable bonds is 3. The maximum absolute atomic E-state index is 12.8. The van der Waals surface area contributed by atoms with E-state index in [1.54, 1.807) is 0 Å². The number of carbonyl (C=O) groups is 1. The van der Waals surface area contributed by atoms with Gasteiger partial charge in [-0.2, -0.15) is 0 Å². The first kappa shape index (κ1) is 13.3. The molecule has 1 saturated carbocycles. The molecule has 1 aromatic carbocycles. The highest BCUT2D eigenvalue weighted by Gasteiger charge is 2.45. The Morgan fingerprint density at radius 1 is 1.32 bits per heavy atom. The van der Waals surface area contributed by atoms with Gasteiger partial charge >= 0.3 is 0 Å². The van der Waals surface area contributed by atoms with Gasteiger partial charge in [0.05, 0.1) is 0 Å². The quantitative estimate of drug-likeness (QED) is 0.338. The van der Waals surface area contributed by atoms with E-state index < -0.39 is 5.41 Å². The summed E-state index contributed by atoms with van der Waals surface area (Å²) in [5, 5.41) is 14.5. The Morgan fingerprint density at radius 2 is 1.89 bits per heavy atom. The monoisotopic (exact) mass is 265 g/mol. The molecule has 19 heavy (non-hydrogen) atoms. The van der Waals surface area contributed by atoms with E-state index in [0.29, 0.717) is 18.5 Å². The Labute approximate surface area is 110 Å². The zero-order chi connectivity index (χ0) is 13.9. The molecular weight excluding hydrogens is 249 g/mol. The summed E-state index contributed by atoms with van der Waals surface area (Å²) in [6, 6.07) is 5.48. The van der Waals surface area contributed by atoms with Crippen molar-refractivity contribution in [2.45, 2.75) is 25.7 Å². The van der Waals surface area contributed by atoms with Crippen LogP contribution in [0, 0.1) is 11.2 Å². The molecule has 1 aliphatic carbocycles. The molecule has 0 heterocycles. The highest BCUT2D eigenvalue weighted by molar-refractivity contribution is 6.12. The third-order valence-corrected chi connectivity index (χ3v) is 3.59. The van der Waals surface area contributed by atoms with E-state index in [2.05, 4.69) is 10.5 Å². The molecule has 1 aromatic rings. The van der Waals surface area contributed by atoms with Crippen molar-refractivity contribution in [1.29, 1.82) is 0 Å². The minimum Gasteiger partial charge on any atom is -0.409 e. The van der Waals surface area contributed by atoms with Crippen molar-refractivity contribution in [1.82, 2.24) is 0 Å². The highest BCUT2D eigenvalue weighted by atomic mass is 19.1. The number of nitrogens with two attached hydrogens (primary N) is 1. The van der Waals surface area contributed by atoms with Gasteiger partial charge in [0.15, 0.2) is 5.84 Å². The molecule has 0 radical (unpaired) electrons. The molecule has 2 rings (SSSR count). The Balaban J connectivity index is 2.19. The zero-order valence-electron chi connectivity index (χ0n) is 10.4. The Bertz CT molecular complexity index is 493. The number of hydrogen-bond donors (Lipinski definition) is 3. The first-order chi connectivity index (χ1) is 9.08. The summed E-state index contributed by atoms with van der Waals surface area (Å²) in [4.78, 5) is 12.3. The van der Waals surface area contributed by atoms with Crippen molar-refractivity contribution < 1.29 is 14.4 Å². The molecule has 0 saturated heterocycles. The summed E-state index contributed by atoms with van der Waals surface area (Å²) in [5.74, 6) is -0.749. The molecule has 0 spiro atoms. The van der Waals surface area contributed by atoms with Crippen molar-refractivity contribution in [3.8, 4) is 0 Å². The van der Waals surface area contributed by atoms with E-state index in [1.165, 1.54) is 24.3 Å². The van der Waals surface area contributed by atoms with Gasteiger partial charge < -0.3 is 16.3 Å². The van der Waals surface area contributed by atoms with Gasteiger partial charge in [-0.25, -0.2) is 4.39 Å². The van der Waals surface area contributed by atoms with Crippen molar-refractivity contribution in [3.05, 3.63) is 30.1 Å². The lowest BCUT2D eigenvalue weighted by atomic mass is 9.83. The maximum Gasteiger partial charge on any atom is 0.238 e. The van der Waals surface area contributed by atoms with Gasteiger partial charge in [-0.3, -0.25) is 4.79 Å². The van der Waals surface area contributed by atoms with Crippen molar-refractivity contribution in [2.75, 3.05) is 5.32 Å². The second-order valence-corrected chi connectivity index (χ2v) is 4.74. The van der Waals surface area contributed by atoms with Gasteiger partial charge in [0, 0.05) is 5.69 Å². The summed E-state index contributed by atoms with van der Waals surface area (Å²) in [6.45, 7) is 0. The molecule has 0 aromatic heterocycles. The summed E-state index contributed by atoms with van der Waals surface area (Å²) < 4.78 is 12.8. The van der Waals surface area contributed by atoms with Crippen LogP contribution in [0.2, 0.25) is 0 Å². The molecule has 0 aliphatic heterocycles. The van der Waals surface area contributed by atoms with Gasteiger partial charge in [0.2, 0.25) is 5.91 Å². The van der Waals surface area contributed by atoms with Crippen LogP contribution in [-0.4, -0.2) is 17.0 Å². The molecule has 6 heteroatoms. The summed E-state index contributed by atoms with van der Waals surface area (Å²) in [5.41, 5.74) is 5.21. The van der Waals surface area contributed by atoms with E-state index in [0.717, 1.165) is 12.8 Å². The number of hydrogen-bond acceptors (Lipinski definition) is 3. The summed E-state index contributed by atoms with van der Waals surface area (Å²) >= 11 is 0. The second kappa shape index (κ2) is 5.26. The van der Waals surface area contributed by atoms with E-state index in [4.69, 9.17) is 10.9 Å². The van der Waals surface area contributed by atoms with Crippen LogP contribution in [0.5, 0.6) is 0 Å². The van der Waals surface area contributed by atoms with E-state index in [9.17, 15) is 9.18 Å². The predicted octanol–water partition coefficient (Wildman–Crippen LogP) is 2.07. The minimum atomic E-state index is -0.955. The largest absolute Gasteiger partial charge is 0.409 e. The topological polar surface area (TPSA) is 87.7 Å². The maximum atomic E-state index is 12.8. The standard InChI is InChI=1S/C13H16FN3O2/c14-9-3-5-10(6-4-9)16-12(18)13(11(15)17-19)7-1-2-8-13/h3-6,19H,1-2,7-8H2,(H2,15,17)(H,16,18). The highest BCUT2D eigenvalue weighted by Crippen LogP contribution is 2.39. The average Bonchev–Trinajstić information content (AvgIpc) is 2.91. The van der Waals surface area contributed by atoms with Crippen LogP contribution >= 0.6 is 0 Å². The molecule has 0 unspecified atom stereocenters. The molecule has 1 fully saturated rings. The summed E-state index contributed by atoms with van der Waals surface area (Å²) in [7, 11) is 0. The molecule has 1 amide bonds. The number of amidine groups is 1. The first-order valence-corrected chi connectivity index (χ1v) is 6.13. The fourth-order valence-electron chi connectivity index (χ4n) is 2.46. The first-order valence-electron chi connectivity index (χ1n) is 6.13. The number of nitrogens with one attached hydrogen (secondary N) is 1. The third kappa shape index (κ3) is 2.52. The smallest absolute Gasteiger partial charge is 0.238 e. The van der Waals surface area contributed by atoms with Gasteiger partial charge in [0.25, 0.3) is 0 Å². The van der Waals surface area contributed by atoms with Gasteiger partial charge in [-0.1, -0.05) is 18.0 Å². The number of amides is 1. The lowest BCUT2D eigenvalue weighted by Crippen LogP contribution is -2.45. The van der Waals surface area contributed by atoms with Crippen molar-refractivity contribution >= 4 is 17.4 Å². The van der Waals surface area contributed by atoms with E-state index in [-0.39, 0.29) is 17.6 Å². The Morgan fingerprint density at radius 3 is 2.42 bits per heavy atom. The number of anilines is 1. The van der Waals surface area contributed by atoms with Crippen LogP contribution in [-0.2, 0) is 4.79 Å². The van der Waals surface area contributed by atoms with Crippen molar-refractivity contribution in [3.63, 3.8) is 0 Å².